The van der Waals surface area contributed by atoms with Gasteiger partial charge >= 0.3 is 5.97 Å². The van der Waals surface area contributed by atoms with Gasteiger partial charge in [0.15, 0.2) is 0 Å². The number of carbonyl (C=O) groups is 1. The first-order valence-electron chi connectivity index (χ1n) is 4.60. The Bertz CT molecular complexity index is 604. The third-order valence-corrected chi connectivity index (χ3v) is 3.04. The van der Waals surface area contributed by atoms with Crippen molar-refractivity contribution in [3.63, 3.8) is 0 Å². The van der Waals surface area contributed by atoms with Crippen molar-refractivity contribution in [1.29, 1.82) is 0 Å². The van der Waals surface area contributed by atoms with Crippen LogP contribution in [-0.2, 0) is 7.05 Å². The van der Waals surface area contributed by atoms with Gasteiger partial charge in [0.05, 0.1) is 16.1 Å². The summed E-state index contributed by atoms with van der Waals surface area (Å²) in [6.45, 7) is 1.68. The van der Waals surface area contributed by atoms with E-state index < -0.39 is 11.8 Å². The van der Waals surface area contributed by atoms with Crippen LogP contribution in [0.2, 0.25) is 5.02 Å². The molecule has 0 saturated carbocycles. The first-order chi connectivity index (χ1) is 7.43. The van der Waals surface area contributed by atoms with E-state index in [4.69, 9.17) is 16.7 Å². The molecule has 2 rings (SSSR count). The van der Waals surface area contributed by atoms with Crippen LogP contribution in [0.25, 0.3) is 10.9 Å². The summed E-state index contributed by atoms with van der Waals surface area (Å²) in [6.07, 6.45) is 0. The molecule has 16 heavy (non-hydrogen) atoms. The highest BCUT2D eigenvalue weighted by molar-refractivity contribution is 6.31. The second kappa shape index (κ2) is 3.49. The molecule has 0 unspecified atom stereocenters. The Hall–Kier alpha value is -1.55. The van der Waals surface area contributed by atoms with Gasteiger partial charge in [0.2, 0.25) is 0 Å². The molecule has 0 atom stereocenters. The number of hydrogen-bond donors (Lipinski definition) is 1. The Labute approximate surface area is 96.1 Å². The van der Waals surface area contributed by atoms with Crippen molar-refractivity contribution in [2.24, 2.45) is 7.05 Å². The Kier molecular flexibility index (Phi) is 2.39. The number of hydrogen-bond acceptors (Lipinski definition) is 1. The van der Waals surface area contributed by atoms with Gasteiger partial charge in [-0.1, -0.05) is 11.6 Å². The summed E-state index contributed by atoms with van der Waals surface area (Å²) in [5, 5.41) is 9.48. The lowest BCUT2D eigenvalue weighted by Gasteiger charge is -1.99. The molecular weight excluding hydrogens is 233 g/mol. The molecule has 0 fully saturated rings. The van der Waals surface area contributed by atoms with E-state index in [1.807, 2.05) is 0 Å². The van der Waals surface area contributed by atoms with E-state index in [0.717, 1.165) is 0 Å². The van der Waals surface area contributed by atoms with Crippen LogP contribution in [0.3, 0.4) is 0 Å². The Morgan fingerprint density at radius 1 is 1.50 bits per heavy atom. The summed E-state index contributed by atoms with van der Waals surface area (Å²) in [5.41, 5.74) is 1.26. The topological polar surface area (TPSA) is 42.2 Å². The molecule has 0 radical (unpaired) electrons. The highest BCUT2D eigenvalue weighted by Gasteiger charge is 2.19. The van der Waals surface area contributed by atoms with E-state index >= 15 is 0 Å². The van der Waals surface area contributed by atoms with Gasteiger partial charge < -0.3 is 9.67 Å². The SMILES string of the molecule is Cc1c(C(=O)O)c2cc(Cl)c(F)cc2n1C. The molecule has 84 valence electrons. The predicted molar refractivity (Wildman–Crippen MR) is 59.6 cm³/mol. The van der Waals surface area contributed by atoms with Crippen LogP contribution in [0, 0.1) is 12.7 Å². The summed E-state index contributed by atoms with van der Waals surface area (Å²) in [7, 11) is 1.69. The summed E-state index contributed by atoms with van der Waals surface area (Å²) in [5.74, 6) is -1.59. The van der Waals surface area contributed by atoms with Crippen LogP contribution in [0.5, 0.6) is 0 Å². The molecular formula is C11H9ClFNO2. The lowest BCUT2D eigenvalue weighted by molar-refractivity contribution is 0.0698. The molecule has 0 spiro atoms. The van der Waals surface area contributed by atoms with Crippen LogP contribution >= 0.6 is 11.6 Å². The maximum Gasteiger partial charge on any atom is 0.338 e. The fraction of sp³-hybridized carbons (Fsp3) is 0.182. The third-order valence-electron chi connectivity index (χ3n) is 2.75. The largest absolute Gasteiger partial charge is 0.478 e. The summed E-state index contributed by atoms with van der Waals surface area (Å²) in [6, 6.07) is 2.60. The van der Waals surface area contributed by atoms with Gasteiger partial charge in [0.25, 0.3) is 0 Å². The van der Waals surface area contributed by atoms with E-state index in [-0.39, 0.29) is 10.6 Å². The zero-order valence-electron chi connectivity index (χ0n) is 8.71. The van der Waals surface area contributed by atoms with E-state index in [2.05, 4.69) is 0 Å². The van der Waals surface area contributed by atoms with E-state index in [9.17, 15) is 9.18 Å². The average Bonchev–Trinajstić information content (AvgIpc) is 2.42. The molecule has 0 aliphatic rings. The molecule has 2 aromatic rings. The second-order valence-electron chi connectivity index (χ2n) is 3.61. The molecule has 0 amide bonds. The molecule has 1 heterocycles. The van der Waals surface area contributed by atoms with Crippen molar-refractivity contribution in [3.8, 4) is 0 Å². The lowest BCUT2D eigenvalue weighted by atomic mass is 10.1. The summed E-state index contributed by atoms with van der Waals surface area (Å²) in [4.78, 5) is 11.1. The van der Waals surface area contributed by atoms with Crippen molar-refractivity contribution >= 4 is 28.5 Å². The number of aromatic carboxylic acids is 1. The highest BCUT2D eigenvalue weighted by atomic mass is 35.5. The van der Waals surface area contributed by atoms with Gasteiger partial charge in [0.1, 0.15) is 5.82 Å². The van der Waals surface area contributed by atoms with Gasteiger partial charge in [-0.05, 0) is 19.1 Å². The zero-order valence-corrected chi connectivity index (χ0v) is 9.47. The van der Waals surface area contributed by atoms with E-state index in [1.54, 1.807) is 18.5 Å². The van der Waals surface area contributed by atoms with Crippen LogP contribution in [0.15, 0.2) is 12.1 Å². The fourth-order valence-corrected chi connectivity index (χ4v) is 1.99. The molecule has 1 aromatic heterocycles. The quantitative estimate of drug-likeness (QED) is 0.834. The van der Waals surface area contributed by atoms with Crippen molar-refractivity contribution in [2.45, 2.75) is 6.92 Å². The first kappa shape index (κ1) is 11.0. The Morgan fingerprint density at radius 2 is 2.12 bits per heavy atom. The van der Waals surface area contributed by atoms with E-state index in [1.165, 1.54) is 12.1 Å². The maximum absolute atomic E-state index is 13.3. The van der Waals surface area contributed by atoms with Crippen LogP contribution in [0.4, 0.5) is 4.39 Å². The molecule has 0 saturated heterocycles. The number of carboxylic acids is 1. The summed E-state index contributed by atoms with van der Waals surface area (Å²) < 4.78 is 14.9. The fourth-order valence-electron chi connectivity index (χ4n) is 1.83. The van der Waals surface area contributed by atoms with Crippen LogP contribution < -0.4 is 0 Å². The van der Waals surface area contributed by atoms with E-state index in [0.29, 0.717) is 16.6 Å². The Balaban J connectivity index is 2.97. The van der Waals surface area contributed by atoms with Gasteiger partial charge in [0, 0.05) is 18.1 Å². The van der Waals surface area contributed by atoms with Crippen molar-refractivity contribution in [2.75, 3.05) is 0 Å². The number of fused-ring (bicyclic) bond motifs is 1. The molecule has 1 aromatic carbocycles. The molecule has 5 heteroatoms. The minimum absolute atomic E-state index is 0.0689. The maximum atomic E-state index is 13.3. The van der Waals surface area contributed by atoms with Crippen molar-refractivity contribution in [3.05, 3.63) is 34.2 Å². The molecule has 0 aliphatic heterocycles. The zero-order chi connectivity index (χ0) is 12.0. The first-order valence-corrected chi connectivity index (χ1v) is 4.98. The highest BCUT2D eigenvalue weighted by Crippen LogP contribution is 2.29. The normalized spacial score (nSPS) is 11.0. The molecule has 3 nitrogen and oxygen atoms in total. The molecule has 0 bridgehead atoms. The number of aromatic nitrogens is 1. The monoisotopic (exact) mass is 241 g/mol. The van der Waals surface area contributed by atoms with Crippen molar-refractivity contribution in [1.82, 2.24) is 4.57 Å². The predicted octanol–water partition coefficient (Wildman–Crippen LogP) is 2.98. The van der Waals surface area contributed by atoms with Crippen LogP contribution in [-0.4, -0.2) is 15.6 Å². The molecule has 0 aliphatic carbocycles. The smallest absolute Gasteiger partial charge is 0.338 e. The minimum atomic E-state index is -1.04. The minimum Gasteiger partial charge on any atom is -0.478 e. The number of halogens is 2. The van der Waals surface area contributed by atoms with Gasteiger partial charge in [-0.15, -0.1) is 0 Å². The Morgan fingerprint density at radius 3 is 2.69 bits per heavy atom. The second-order valence-corrected chi connectivity index (χ2v) is 4.02. The third kappa shape index (κ3) is 1.38. The number of benzene rings is 1. The van der Waals surface area contributed by atoms with Gasteiger partial charge in [-0.2, -0.15) is 0 Å². The number of nitrogens with zero attached hydrogens (tertiary/aromatic N) is 1. The molecule has 1 N–H and O–H groups in total. The van der Waals surface area contributed by atoms with Crippen LogP contribution in [0.1, 0.15) is 16.1 Å². The number of aryl methyl sites for hydroxylation is 1. The lowest BCUT2D eigenvalue weighted by Crippen LogP contribution is -1.99. The van der Waals surface area contributed by atoms with Crippen molar-refractivity contribution < 1.29 is 14.3 Å². The number of rotatable bonds is 1. The van der Waals surface area contributed by atoms with Gasteiger partial charge in [-0.25, -0.2) is 9.18 Å². The van der Waals surface area contributed by atoms with Gasteiger partial charge in [-0.3, -0.25) is 0 Å². The summed E-state index contributed by atoms with van der Waals surface area (Å²) >= 11 is 5.65. The number of carboxylic acid groups (broad SMARTS) is 1. The standard InChI is InChI=1S/C11H9ClFNO2/c1-5-10(11(15)16)6-3-7(12)8(13)4-9(6)14(5)2/h3-4H,1-2H3,(H,15,16). The average molecular weight is 242 g/mol.